The monoisotopic (exact) mass is 486 g/mol. The highest BCUT2D eigenvalue weighted by molar-refractivity contribution is 8.00. The zero-order valence-electron chi connectivity index (χ0n) is 17.9. The molecule has 0 aliphatic carbocycles. The number of rotatable bonds is 8. The minimum absolute atomic E-state index is 0.157. The average molecular weight is 487 g/mol. The van der Waals surface area contributed by atoms with Crippen LogP contribution in [0.4, 0.5) is 5.13 Å². The summed E-state index contributed by atoms with van der Waals surface area (Å²) in [6.45, 7) is 6.51. The molecule has 4 rings (SSSR count). The maximum atomic E-state index is 12.4. The first-order valence-corrected chi connectivity index (χ1v) is 12.5. The standard InChI is InChI=1S/C21H22N6O2S3/c1-21(2,3)7-14-8-24-17(29-14)12-30-18-10-25-20(32-18)27-16(28)6-13-11-31-19(26-13)15-9-22-4-5-23-15/h4-5,8-11H,6-7,12H2,1-3H3,(H,25,27,28). The Morgan fingerprint density at radius 1 is 1.16 bits per heavy atom. The molecule has 4 aromatic rings. The average Bonchev–Trinajstić information content (AvgIpc) is 3.48. The van der Waals surface area contributed by atoms with Crippen molar-refractivity contribution in [1.29, 1.82) is 0 Å². The van der Waals surface area contributed by atoms with Crippen LogP contribution in [0.25, 0.3) is 10.7 Å². The Morgan fingerprint density at radius 3 is 2.81 bits per heavy atom. The first-order chi connectivity index (χ1) is 15.3. The van der Waals surface area contributed by atoms with Crippen LogP contribution >= 0.6 is 34.4 Å². The molecule has 1 amide bonds. The molecule has 0 saturated heterocycles. The summed E-state index contributed by atoms with van der Waals surface area (Å²) in [7, 11) is 0. The third kappa shape index (κ3) is 6.44. The van der Waals surface area contributed by atoms with Crippen LogP contribution < -0.4 is 5.32 Å². The Morgan fingerprint density at radius 2 is 2.03 bits per heavy atom. The van der Waals surface area contributed by atoms with Gasteiger partial charge in [-0.25, -0.2) is 15.0 Å². The number of carbonyl (C=O) groups excluding carboxylic acids is 1. The summed E-state index contributed by atoms with van der Waals surface area (Å²) in [4.78, 5) is 33.8. The van der Waals surface area contributed by atoms with Gasteiger partial charge in [-0.3, -0.25) is 14.8 Å². The smallest absolute Gasteiger partial charge is 0.232 e. The molecule has 0 saturated carbocycles. The third-order valence-corrected chi connectivity index (χ3v) is 7.06. The number of amides is 1. The van der Waals surface area contributed by atoms with E-state index in [9.17, 15) is 4.79 Å². The zero-order valence-corrected chi connectivity index (χ0v) is 20.3. The fraction of sp³-hybridized carbons (Fsp3) is 0.333. The number of oxazole rings is 1. The lowest BCUT2D eigenvalue weighted by atomic mass is 9.91. The zero-order chi connectivity index (χ0) is 22.6. The van der Waals surface area contributed by atoms with Gasteiger partial charge in [-0.2, -0.15) is 0 Å². The van der Waals surface area contributed by atoms with Crippen molar-refractivity contribution in [2.75, 3.05) is 5.32 Å². The van der Waals surface area contributed by atoms with Crippen LogP contribution in [0.15, 0.2) is 45.0 Å². The lowest BCUT2D eigenvalue weighted by Gasteiger charge is -2.15. The molecule has 11 heteroatoms. The van der Waals surface area contributed by atoms with Gasteiger partial charge < -0.3 is 9.73 Å². The van der Waals surface area contributed by atoms with Gasteiger partial charge in [-0.1, -0.05) is 32.1 Å². The van der Waals surface area contributed by atoms with E-state index in [4.69, 9.17) is 4.42 Å². The Balaban J connectivity index is 1.27. The first-order valence-electron chi connectivity index (χ1n) is 9.87. The van der Waals surface area contributed by atoms with E-state index >= 15 is 0 Å². The summed E-state index contributed by atoms with van der Waals surface area (Å²) in [5.41, 5.74) is 1.54. The fourth-order valence-electron chi connectivity index (χ4n) is 2.78. The number of hydrogen-bond donors (Lipinski definition) is 1. The molecule has 0 aliphatic heterocycles. The number of thiazole rings is 2. The van der Waals surface area contributed by atoms with Crippen LogP contribution in [0.3, 0.4) is 0 Å². The number of anilines is 1. The molecule has 4 aromatic heterocycles. The van der Waals surface area contributed by atoms with Gasteiger partial charge in [0.1, 0.15) is 16.5 Å². The maximum absolute atomic E-state index is 12.4. The molecule has 0 radical (unpaired) electrons. The molecule has 0 atom stereocenters. The van der Waals surface area contributed by atoms with Crippen LogP contribution in [-0.4, -0.2) is 30.8 Å². The summed E-state index contributed by atoms with van der Waals surface area (Å²) < 4.78 is 6.80. The Hall–Kier alpha value is -2.63. The van der Waals surface area contributed by atoms with Crippen LogP contribution in [0.5, 0.6) is 0 Å². The number of thioether (sulfide) groups is 1. The molecule has 8 nitrogen and oxygen atoms in total. The summed E-state index contributed by atoms with van der Waals surface area (Å²) in [6.07, 6.45) is 9.45. The summed E-state index contributed by atoms with van der Waals surface area (Å²) in [5.74, 6) is 2.04. The van der Waals surface area contributed by atoms with E-state index in [1.165, 1.54) is 22.7 Å². The van der Waals surface area contributed by atoms with E-state index in [2.05, 4.69) is 51.0 Å². The topological polar surface area (TPSA) is 107 Å². The highest BCUT2D eigenvalue weighted by Crippen LogP contribution is 2.31. The highest BCUT2D eigenvalue weighted by atomic mass is 32.2. The molecule has 166 valence electrons. The van der Waals surface area contributed by atoms with Crippen molar-refractivity contribution in [2.45, 2.75) is 43.6 Å². The Labute approximate surface area is 198 Å². The van der Waals surface area contributed by atoms with E-state index in [1.54, 1.807) is 42.7 Å². The van der Waals surface area contributed by atoms with Crippen molar-refractivity contribution in [3.63, 3.8) is 0 Å². The van der Waals surface area contributed by atoms with E-state index in [0.717, 1.165) is 21.4 Å². The van der Waals surface area contributed by atoms with Crippen molar-refractivity contribution >= 4 is 45.5 Å². The second-order valence-electron chi connectivity index (χ2n) is 8.19. The molecule has 4 heterocycles. The molecular formula is C21H22N6O2S3. The van der Waals surface area contributed by atoms with Crippen molar-refractivity contribution in [2.24, 2.45) is 5.41 Å². The van der Waals surface area contributed by atoms with Gasteiger partial charge in [0.15, 0.2) is 5.13 Å². The fourth-order valence-corrected chi connectivity index (χ4v) is 5.30. The predicted molar refractivity (Wildman–Crippen MR) is 127 cm³/mol. The van der Waals surface area contributed by atoms with Crippen molar-refractivity contribution in [3.8, 4) is 10.7 Å². The lowest BCUT2D eigenvalue weighted by Crippen LogP contribution is -2.14. The van der Waals surface area contributed by atoms with Gasteiger partial charge in [0, 0.05) is 24.2 Å². The van der Waals surface area contributed by atoms with E-state index in [-0.39, 0.29) is 17.7 Å². The Kier molecular flexibility index (Phi) is 6.97. The van der Waals surface area contributed by atoms with Crippen LogP contribution in [-0.2, 0) is 23.4 Å². The Bertz CT molecular complexity index is 1180. The number of nitrogens with one attached hydrogen (secondary N) is 1. The van der Waals surface area contributed by atoms with Crippen molar-refractivity contribution in [3.05, 3.63) is 53.7 Å². The number of aromatic nitrogens is 5. The van der Waals surface area contributed by atoms with Gasteiger partial charge in [0.2, 0.25) is 11.8 Å². The van der Waals surface area contributed by atoms with Crippen molar-refractivity contribution < 1.29 is 9.21 Å². The van der Waals surface area contributed by atoms with E-state index < -0.39 is 0 Å². The number of hydrogen-bond acceptors (Lipinski definition) is 10. The SMILES string of the molecule is CC(C)(C)Cc1cnc(CSc2cnc(NC(=O)Cc3csc(-c4cnccn4)n3)s2)o1. The molecule has 0 aromatic carbocycles. The second-order valence-corrected chi connectivity index (χ2v) is 11.4. The normalized spacial score (nSPS) is 11.6. The van der Waals surface area contributed by atoms with E-state index in [1.807, 2.05) is 5.38 Å². The molecule has 0 bridgehead atoms. The van der Waals surface area contributed by atoms with Crippen LogP contribution in [0.1, 0.15) is 38.1 Å². The second kappa shape index (κ2) is 9.88. The molecule has 1 N–H and O–H groups in total. The molecular weight excluding hydrogens is 464 g/mol. The van der Waals surface area contributed by atoms with Crippen LogP contribution in [0.2, 0.25) is 0 Å². The van der Waals surface area contributed by atoms with Gasteiger partial charge in [0.05, 0.1) is 40.7 Å². The largest absolute Gasteiger partial charge is 0.445 e. The number of nitrogens with zero attached hydrogens (tertiary/aromatic N) is 5. The number of carbonyl (C=O) groups is 1. The lowest BCUT2D eigenvalue weighted by molar-refractivity contribution is -0.115. The van der Waals surface area contributed by atoms with Gasteiger partial charge >= 0.3 is 0 Å². The summed E-state index contributed by atoms with van der Waals surface area (Å²) >= 11 is 4.45. The molecule has 0 spiro atoms. The van der Waals surface area contributed by atoms with Crippen molar-refractivity contribution in [1.82, 2.24) is 24.9 Å². The maximum Gasteiger partial charge on any atom is 0.232 e. The van der Waals surface area contributed by atoms with Gasteiger partial charge in [-0.15, -0.1) is 23.1 Å². The van der Waals surface area contributed by atoms with Gasteiger partial charge in [0.25, 0.3) is 0 Å². The van der Waals surface area contributed by atoms with Crippen LogP contribution in [0, 0.1) is 5.41 Å². The molecule has 0 fully saturated rings. The third-order valence-electron chi connectivity index (χ3n) is 4.05. The van der Waals surface area contributed by atoms with Gasteiger partial charge in [-0.05, 0) is 5.41 Å². The summed E-state index contributed by atoms with van der Waals surface area (Å²) in [6, 6.07) is 0. The molecule has 0 aliphatic rings. The molecule has 32 heavy (non-hydrogen) atoms. The summed E-state index contributed by atoms with van der Waals surface area (Å²) in [5, 5.41) is 6.00. The molecule has 0 unspecified atom stereocenters. The quantitative estimate of drug-likeness (QED) is 0.343. The minimum Gasteiger partial charge on any atom is -0.445 e. The predicted octanol–water partition coefficient (Wildman–Crippen LogP) is 5.11. The van der Waals surface area contributed by atoms with E-state index in [0.29, 0.717) is 28.2 Å². The first kappa shape index (κ1) is 22.6. The minimum atomic E-state index is -0.161. The highest BCUT2D eigenvalue weighted by Gasteiger charge is 2.16.